The van der Waals surface area contributed by atoms with Crippen molar-refractivity contribution in [3.63, 3.8) is 0 Å². The molecule has 1 rings (SSSR count). The minimum Gasteiger partial charge on any atom is -0.395 e. The number of aliphatic hydroxyl groups excluding tert-OH is 1. The molecule has 0 saturated heterocycles. The molecule has 0 aromatic carbocycles. The van der Waals surface area contributed by atoms with E-state index in [-0.39, 0.29) is 31.5 Å². The number of alkyl halides is 2. The Morgan fingerprint density at radius 1 is 1.50 bits per heavy atom. The average Bonchev–Trinajstić information content (AvgIpc) is 2.91. The van der Waals surface area contributed by atoms with Crippen LogP contribution in [0, 0.1) is 0 Å². The number of halogens is 2. The molecule has 5 nitrogen and oxygen atoms in total. The van der Waals surface area contributed by atoms with Crippen LogP contribution < -0.4 is 0 Å². The second-order valence-corrected chi connectivity index (χ2v) is 4.61. The molecule has 1 atom stereocenters. The third-order valence-electron chi connectivity index (χ3n) is 3.06. The van der Waals surface area contributed by atoms with E-state index in [2.05, 4.69) is 4.98 Å². The van der Waals surface area contributed by atoms with Crippen molar-refractivity contribution >= 4 is 5.91 Å². The number of hydrogen-bond donors (Lipinski definition) is 1. The molecule has 1 N–H and O–H groups in total. The molecule has 0 radical (unpaired) electrons. The van der Waals surface area contributed by atoms with Crippen molar-refractivity contribution in [2.24, 2.45) is 0 Å². The average molecular weight is 289 g/mol. The van der Waals surface area contributed by atoms with Crippen LogP contribution in [0.15, 0.2) is 18.7 Å². The van der Waals surface area contributed by atoms with Crippen LogP contribution in [-0.2, 0) is 4.79 Å². The summed E-state index contributed by atoms with van der Waals surface area (Å²) >= 11 is 0. The van der Waals surface area contributed by atoms with Gasteiger partial charge in [-0.2, -0.15) is 0 Å². The van der Waals surface area contributed by atoms with Gasteiger partial charge in [-0.3, -0.25) is 4.79 Å². The third-order valence-corrected chi connectivity index (χ3v) is 3.06. The van der Waals surface area contributed by atoms with Crippen LogP contribution in [-0.4, -0.2) is 51.6 Å². The van der Waals surface area contributed by atoms with Crippen molar-refractivity contribution in [3.05, 3.63) is 18.7 Å². The van der Waals surface area contributed by atoms with Gasteiger partial charge in [-0.05, 0) is 6.42 Å². The molecule has 1 aromatic heterocycles. The zero-order valence-corrected chi connectivity index (χ0v) is 11.6. The van der Waals surface area contributed by atoms with E-state index >= 15 is 0 Å². The van der Waals surface area contributed by atoms with Crippen LogP contribution in [0.4, 0.5) is 8.78 Å². The summed E-state index contributed by atoms with van der Waals surface area (Å²) in [6.07, 6.45) is 4.20. The molecule has 7 heteroatoms. The summed E-state index contributed by atoms with van der Waals surface area (Å²) in [5.74, 6) is -0.369. The maximum Gasteiger partial charge on any atom is 0.255 e. The Balaban J connectivity index is 2.67. The summed E-state index contributed by atoms with van der Waals surface area (Å²) in [5, 5.41) is 8.87. The summed E-state index contributed by atoms with van der Waals surface area (Å²) < 4.78 is 26.7. The van der Waals surface area contributed by atoms with Gasteiger partial charge in [0.2, 0.25) is 5.91 Å². The molecule has 20 heavy (non-hydrogen) atoms. The zero-order chi connectivity index (χ0) is 15.0. The summed E-state index contributed by atoms with van der Waals surface area (Å²) in [4.78, 5) is 17.1. The van der Waals surface area contributed by atoms with Crippen LogP contribution in [0.1, 0.15) is 32.2 Å². The second-order valence-electron chi connectivity index (χ2n) is 4.61. The van der Waals surface area contributed by atoms with Crippen LogP contribution in [0.3, 0.4) is 0 Å². The normalized spacial score (nSPS) is 12.7. The van der Waals surface area contributed by atoms with Crippen molar-refractivity contribution in [1.29, 1.82) is 0 Å². The van der Waals surface area contributed by atoms with Crippen LogP contribution in [0.2, 0.25) is 0 Å². The molecule has 1 amide bonds. The molecular formula is C13H21F2N3O2. The number of carbonyl (C=O) groups is 1. The Kier molecular flexibility index (Phi) is 7.14. The van der Waals surface area contributed by atoms with Crippen molar-refractivity contribution < 1.29 is 18.7 Å². The number of hydrogen-bond acceptors (Lipinski definition) is 3. The summed E-state index contributed by atoms with van der Waals surface area (Å²) in [6.45, 7) is 0.981. The predicted octanol–water partition coefficient (Wildman–Crippen LogP) is 1.70. The third kappa shape index (κ3) is 5.24. The Bertz CT molecular complexity index is 385. The van der Waals surface area contributed by atoms with Gasteiger partial charge in [0.25, 0.3) is 6.43 Å². The summed E-state index contributed by atoms with van der Waals surface area (Å²) in [6, 6.07) is -0.0890. The highest BCUT2D eigenvalue weighted by atomic mass is 19.3. The van der Waals surface area contributed by atoms with Gasteiger partial charge in [-0.25, -0.2) is 13.8 Å². The minimum absolute atomic E-state index is 0.0635. The van der Waals surface area contributed by atoms with Gasteiger partial charge in [0.1, 0.15) is 0 Å². The van der Waals surface area contributed by atoms with Crippen molar-refractivity contribution in [1.82, 2.24) is 14.5 Å². The molecule has 0 fully saturated rings. The maximum absolute atomic E-state index is 12.4. The SMILES string of the molecule is CCCC(CC(=O)N(CCO)CC(F)F)n1ccnc1. The van der Waals surface area contributed by atoms with E-state index in [9.17, 15) is 13.6 Å². The quantitative estimate of drug-likeness (QED) is 0.753. The number of aromatic nitrogens is 2. The van der Waals surface area contributed by atoms with E-state index < -0.39 is 13.0 Å². The van der Waals surface area contributed by atoms with E-state index in [1.807, 2.05) is 11.5 Å². The van der Waals surface area contributed by atoms with Crippen LogP contribution in [0.25, 0.3) is 0 Å². The Hall–Kier alpha value is -1.50. The van der Waals surface area contributed by atoms with Crippen molar-refractivity contribution in [3.8, 4) is 0 Å². The fourth-order valence-electron chi connectivity index (χ4n) is 2.11. The van der Waals surface area contributed by atoms with Gasteiger partial charge < -0.3 is 14.6 Å². The highest BCUT2D eigenvalue weighted by Crippen LogP contribution is 2.19. The number of nitrogens with zero attached hydrogens (tertiary/aromatic N) is 3. The second kappa shape index (κ2) is 8.63. The maximum atomic E-state index is 12.4. The number of rotatable bonds is 9. The first-order valence-electron chi connectivity index (χ1n) is 6.72. The van der Waals surface area contributed by atoms with Crippen LogP contribution >= 0.6 is 0 Å². The predicted molar refractivity (Wildman–Crippen MR) is 70.5 cm³/mol. The van der Waals surface area contributed by atoms with Gasteiger partial charge >= 0.3 is 0 Å². The largest absolute Gasteiger partial charge is 0.395 e. The molecular weight excluding hydrogens is 268 g/mol. The topological polar surface area (TPSA) is 58.4 Å². The highest BCUT2D eigenvalue weighted by molar-refractivity contribution is 5.76. The Morgan fingerprint density at radius 2 is 2.25 bits per heavy atom. The fraction of sp³-hybridized carbons (Fsp3) is 0.692. The Labute approximate surface area is 117 Å². The van der Waals surface area contributed by atoms with E-state index in [1.54, 1.807) is 18.7 Å². The molecule has 0 aliphatic rings. The first-order chi connectivity index (χ1) is 9.58. The van der Waals surface area contributed by atoms with E-state index in [0.29, 0.717) is 0 Å². The zero-order valence-electron chi connectivity index (χ0n) is 11.6. The van der Waals surface area contributed by atoms with Crippen molar-refractivity contribution in [2.45, 2.75) is 38.7 Å². The molecule has 1 aromatic rings. The number of aliphatic hydroxyl groups is 1. The fourth-order valence-corrected chi connectivity index (χ4v) is 2.11. The van der Waals surface area contributed by atoms with Gasteiger partial charge in [0.05, 0.1) is 19.5 Å². The standard InChI is InChI=1S/C13H21F2N3O2/c1-2-3-11(18-5-4-16-10-18)8-13(20)17(6-7-19)9-12(14)15/h4-5,10-12,19H,2-3,6-9H2,1H3. The van der Waals surface area contributed by atoms with E-state index in [0.717, 1.165) is 17.7 Å². The van der Waals surface area contributed by atoms with Crippen LogP contribution in [0.5, 0.6) is 0 Å². The lowest BCUT2D eigenvalue weighted by Gasteiger charge is -2.25. The van der Waals surface area contributed by atoms with Gasteiger partial charge in [-0.1, -0.05) is 13.3 Å². The number of imidazole rings is 1. The number of carbonyl (C=O) groups excluding carboxylic acids is 1. The molecule has 1 unspecified atom stereocenters. The molecule has 0 aliphatic carbocycles. The lowest BCUT2D eigenvalue weighted by molar-refractivity contribution is -0.134. The van der Waals surface area contributed by atoms with E-state index in [4.69, 9.17) is 5.11 Å². The first-order valence-corrected chi connectivity index (χ1v) is 6.72. The molecule has 0 spiro atoms. The molecule has 0 aliphatic heterocycles. The van der Waals surface area contributed by atoms with Crippen molar-refractivity contribution in [2.75, 3.05) is 19.7 Å². The highest BCUT2D eigenvalue weighted by Gasteiger charge is 2.22. The minimum atomic E-state index is -2.59. The Morgan fingerprint density at radius 3 is 2.75 bits per heavy atom. The van der Waals surface area contributed by atoms with Gasteiger partial charge in [0.15, 0.2) is 0 Å². The van der Waals surface area contributed by atoms with Gasteiger partial charge in [-0.15, -0.1) is 0 Å². The molecule has 114 valence electrons. The molecule has 0 bridgehead atoms. The first kappa shape index (κ1) is 16.6. The monoisotopic (exact) mass is 289 g/mol. The molecule has 0 saturated carbocycles. The smallest absolute Gasteiger partial charge is 0.255 e. The lowest BCUT2D eigenvalue weighted by atomic mass is 10.1. The molecule has 1 heterocycles. The summed E-state index contributed by atoms with van der Waals surface area (Å²) in [5.41, 5.74) is 0. The van der Waals surface area contributed by atoms with Gasteiger partial charge in [0, 0.05) is 31.4 Å². The number of amides is 1. The lowest BCUT2D eigenvalue weighted by Crippen LogP contribution is -2.38. The van der Waals surface area contributed by atoms with E-state index in [1.165, 1.54) is 0 Å². The summed E-state index contributed by atoms with van der Waals surface area (Å²) in [7, 11) is 0.